The van der Waals surface area contributed by atoms with Gasteiger partial charge in [-0.25, -0.2) is 10.2 Å². The van der Waals surface area contributed by atoms with Crippen LogP contribution >= 0.6 is 0 Å². The van der Waals surface area contributed by atoms with Crippen LogP contribution in [0.5, 0.6) is 0 Å². The molecule has 3 saturated heterocycles. The van der Waals surface area contributed by atoms with E-state index in [2.05, 4.69) is 22.3 Å². The lowest BCUT2D eigenvalue weighted by atomic mass is 9.84. The highest BCUT2D eigenvalue weighted by molar-refractivity contribution is 5.96. The molecule has 4 aliphatic rings. The van der Waals surface area contributed by atoms with Gasteiger partial charge in [0.05, 0.1) is 50.3 Å². The molecule has 0 unspecified atom stereocenters. The number of likely N-dealkylation sites (tertiary alicyclic amines) is 1. The molecule has 1 spiro atoms. The van der Waals surface area contributed by atoms with Crippen LogP contribution in [0.15, 0.2) is 73.4 Å². The van der Waals surface area contributed by atoms with Gasteiger partial charge in [-0.05, 0) is 84.7 Å². The van der Waals surface area contributed by atoms with Crippen molar-refractivity contribution in [3.05, 3.63) is 90.3 Å². The minimum absolute atomic E-state index is 0.00928. The summed E-state index contributed by atoms with van der Waals surface area (Å²) < 4.78 is 63.2. The molecule has 8 rings (SSSR count). The van der Waals surface area contributed by atoms with E-state index < -0.39 is 77.7 Å². The molecular weight excluding hydrogens is 934 g/mol. The second kappa shape index (κ2) is 20.7. The van der Waals surface area contributed by atoms with Gasteiger partial charge in [-0.3, -0.25) is 29.2 Å². The maximum Gasteiger partial charge on any atom is 0.406 e. The number of esters is 1. The number of nitrogens with zero attached hydrogens (tertiary/aromatic N) is 6. The van der Waals surface area contributed by atoms with Crippen LogP contribution in [0.2, 0.25) is 0 Å². The van der Waals surface area contributed by atoms with Crippen molar-refractivity contribution in [3.63, 3.8) is 0 Å². The first-order valence-corrected chi connectivity index (χ1v) is 24.5. The number of carbonyl (C=O) groups excluding carboxylic acids is 5. The molecule has 4 aliphatic heterocycles. The van der Waals surface area contributed by atoms with Crippen molar-refractivity contribution < 1.29 is 51.4 Å². The molecule has 16 nitrogen and oxygen atoms in total. The highest BCUT2D eigenvalue weighted by atomic mass is 19.4. The number of aromatic nitrogens is 2. The van der Waals surface area contributed by atoms with Gasteiger partial charge in [0, 0.05) is 61.7 Å². The van der Waals surface area contributed by atoms with Crippen LogP contribution in [0.1, 0.15) is 70.4 Å². The Kier molecular flexibility index (Phi) is 14.9. The molecule has 3 fully saturated rings. The number of morpholine rings is 1. The molecular formula is C53H65F3N8O8. The summed E-state index contributed by atoms with van der Waals surface area (Å²) in [5.74, 6) is -2.27. The molecule has 0 saturated carbocycles. The Morgan fingerprint density at radius 1 is 1.03 bits per heavy atom. The number of halogens is 3. The summed E-state index contributed by atoms with van der Waals surface area (Å²) in [5, 5.41) is 4.92. The van der Waals surface area contributed by atoms with Gasteiger partial charge in [0.2, 0.25) is 11.8 Å². The van der Waals surface area contributed by atoms with Gasteiger partial charge in [0.1, 0.15) is 30.3 Å². The average molecular weight is 999 g/mol. The van der Waals surface area contributed by atoms with Crippen molar-refractivity contribution in [2.45, 2.75) is 103 Å². The SMILES string of the molecule is C=CC(=O)N1CCOC2(C1)CN(C(=O)N(C)[C@H](C(=O)N[C@H]1Cc3cccc(c3)-c3ccc4c(c3)c(c(-c3cccnc3[C@H](C)OC)n4CC(F)(F)F)CC(C)(C)COC(=O)[C@@H]3CCCN(N3)C1=O)C(C)C)C2. The lowest BCUT2D eigenvalue weighted by Crippen LogP contribution is -2.73. The van der Waals surface area contributed by atoms with E-state index in [4.69, 9.17) is 14.2 Å². The Bertz CT molecular complexity index is 2730. The number of ether oxygens (including phenoxy) is 3. The number of benzene rings is 2. The number of rotatable bonds is 9. The summed E-state index contributed by atoms with van der Waals surface area (Å²) in [5.41, 5.74) is 5.88. The van der Waals surface area contributed by atoms with E-state index in [1.54, 1.807) is 54.2 Å². The topological polar surface area (TPSA) is 168 Å². The second-order valence-corrected chi connectivity index (χ2v) is 20.7. The van der Waals surface area contributed by atoms with E-state index in [0.717, 1.165) is 5.56 Å². The summed E-state index contributed by atoms with van der Waals surface area (Å²) in [6.45, 7) is 13.1. The minimum atomic E-state index is -4.60. The standard InChI is InChI=1S/C53H65F3N8O8/c1-9-43(65)61-21-22-72-52(27-61)28-62(29-52)50(69)60(7)45(32(2)3)47(66)58-41-24-34-13-10-14-35(23-34)36-17-18-42-38(25-36)39(26-51(5,6)31-71-49(68)40-16-12-20-64(59-40)48(41)67)46(63(42)30-53(54,55)56)37-15-11-19-57-44(37)33(4)70-8/h9-11,13-15,17-19,23,25,32-33,40-41,45,59H,1,12,16,20-22,24,26-31H2,2-8H3,(H,58,66)/t33-,40-,41-,45-/m0/s1. The molecule has 2 aromatic carbocycles. The zero-order valence-corrected chi connectivity index (χ0v) is 42.0. The summed E-state index contributed by atoms with van der Waals surface area (Å²) in [7, 11) is 3.06. The number of nitrogens with one attached hydrogen (secondary N) is 2. The lowest BCUT2D eigenvalue weighted by molar-refractivity contribution is -0.178. The Morgan fingerprint density at radius 3 is 2.47 bits per heavy atom. The number of alkyl halides is 3. The van der Waals surface area contributed by atoms with Crippen molar-refractivity contribution in [2.24, 2.45) is 11.3 Å². The van der Waals surface area contributed by atoms with Crippen molar-refractivity contribution in [1.29, 1.82) is 0 Å². The van der Waals surface area contributed by atoms with Crippen molar-refractivity contribution in [2.75, 3.05) is 60.1 Å². The summed E-state index contributed by atoms with van der Waals surface area (Å²) in [6.07, 6.45) is -1.29. The van der Waals surface area contributed by atoms with E-state index in [1.165, 1.54) is 27.7 Å². The predicted molar refractivity (Wildman–Crippen MR) is 263 cm³/mol. The fourth-order valence-corrected chi connectivity index (χ4v) is 10.7. The average Bonchev–Trinajstić information content (AvgIpc) is 3.62. The predicted octanol–water partition coefficient (Wildman–Crippen LogP) is 6.46. The number of carbonyl (C=O) groups is 5. The number of methoxy groups -OCH3 is 1. The molecule has 4 aromatic rings. The van der Waals surface area contributed by atoms with Gasteiger partial charge in [0.25, 0.3) is 5.91 Å². The van der Waals surface area contributed by atoms with Crippen LogP contribution in [-0.4, -0.2) is 149 Å². The van der Waals surface area contributed by atoms with Crippen LogP contribution in [0.4, 0.5) is 18.0 Å². The van der Waals surface area contributed by atoms with E-state index >= 15 is 0 Å². The first-order chi connectivity index (χ1) is 34.1. The van der Waals surface area contributed by atoms with Gasteiger partial charge in [0.15, 0.2) is 0 Å². The van der Waals surface area contributed by atoms with Crippen LogP contribution in [0, 0.1) is 11.3 Å². The Hall–Kier alpha value is -6.31. The van der Waals surface area contributed by atoms with Crippen LogP contribution in [0.25, 0.3) is 33.3 Å². The number of pyridine rings is 1. The Labute approximate surface area is 417 Å². The van der Waals surface area contributed by atoms with Gasteiger partial charge in [-0.2, -0.15) is 13.2 Å². The minimum Gasteiger partial charge on any atom is -0.464 e. The summed E-state index contributed by atoms with van der Waals surface area (Å²) in [6, 6.07) is 12.7. The number of urea groups is 1. The highest BCUT2D eigenvalue weighted by Crippen LogP contribution is 2.43. The van der Waals surface area contributed by atoms with Crippen LogP contribution in [0.3, 0.4) is 0 Å². The number of cyclic esters (lactones) is 1. The molecule has 2 aromatic heterocycles. The number of hydrazine groups is 1. The van der Waals surface area contributed by atoms with Gasteiger partial charge in [-0.1, -0.05) is 64.6 Å². The molecule has 0 radical (unpaired) electrons. The first-order valence-electron chi connectivity index (χ1n) is 24.5. The van der Waals surface area contributed by atoms with E-state index in [1.807, 2.05) is 58.0 Å². The second-order valence-electron chi connectivity index (χ2n) is 20.7. The van der Waals surface area contributed by atoms with Gasteiger partial charge < -0.3 is 38.8 Å². The largest absolute Gasteiger partial charge is 0.464 e. The Balaban J connectivity index is 1.16. The van der Waals surface area contributed by atoms with Crippen LogP contribution in [-0.2, 0) is 52.8 Å². The van der Waals surface area contributed by atoms with Crippen molar-refractivity contribution in [3.8, 4) is 22.4 Å². The monoisotopic (exact) mass is 998 g/mol. The molecule has 386 valence electrons. The third-order valence-electron chi connectivity index (χ3n) is 14.2. The number of likely N-dealkylation sites (N-methyl/N-ethyl adjacent to an activating group) is 1. The van der Waals surface area contributed by atoms with Crippen molar-refractivity contribution in [1.82, 2.24) is 40.0 Å². The fraction of sp³-hybridized carbons (Fsp3) is 0.509. The first kappa shape index (κ1) is 52.0. The van der Waals surface area contributed by atoms with E-state index in [0.29, 0.717) is 77.1 Å². The van der Waals surface area contributed by atoms with E-state index in [-0.39, 0.29) is 45.0 Å². The maximum absolute atomic E-state index is 14.8. The Morgan fingerprint density at radius 2 is 1.76 bits per heavy atom. The smallest absolute Gasteiger partial charge is 0.406 e. The molecule has 5 amide bonds. The van der Waals surface area contributed by atoms with Gasteiger partial charge in [-0.15, -0.1) is 0 Å². The highest BCUT2D eigenvalue weighted by Gasteiger charge is 2.51. The van der Waals surface area contributed by atoms with Gasteiger partial charge >= 0.3 is 18.2 Å². The molecule has 0 aliphatic carbocycles. The quantitative estimate of drug-likeness (QED) is 0.140. The molecule has 6 heterocycles. The molecule has 72 heavy (non-hydrogen) atoms. The number of fused-ring (bicyclic) bond motifs is 6. The molecule has 4 atom stereocenters. The number of hydrogen-bond donors (Lipinski definition) is 2. The third kappa shape index (κ3) is 10.9. The normalized spacial score (nSPS) is 21.1. The zero-order valence-electron chi connectivity index (χ0n) is 42.0. The number of amides is 5. The third-order valence-corrected chi connectivity index (χ3v) is 14.2. The summed E-state index contributed by atoms with van der Waals surface area (Å²) >= 11 is 0. The zero-order chi connectivity index (χ0) is 51.9. The molecule has 2 N–H and O–H groups in total. The fourth-order valence-electron chi connectivity index (χ4n) is 10.7. The van der Waals surface area contributed by atoms with Crippen molar-refractivity contribution >= 4 is 40.6 Å². The van der Waals surface area contributed by atoms with Crippen LogP contribution < -0.4 is 10.7 Å². The molecule has 6 bridgehead atoms. The lowest BCUT2D eigenvalue weighted by Gasteiger charge is -2.54. The maximum atomic E-state index is 14.8. The summed E-state index contributed by atoms with van der Waals surface area (Å²) in [4.78, 5) is 78.9. The van der Waals surface area contributed by atoms with E-state index in [9.17, 15) is 37.1 Å². The molecule has 19 heteroatoms. The number of hydrogen-bond acceptors (Lipinski definition) is 10.